The van der Waals surface area contributed by atoms with Gasteiger partial charge in [-0.15, -0.1) is 0 Å². The fraction of sp³-hybridized carbons (Fsp3) is 0.818. The van der Waals surface area contributed by atoms with Crippen LogP contribution in [-0.4, -0.2) is 23.1 Å². The minimum absolute atomic E-state index is 0.0183. The van der Waals surface area contributed by atoms with E-state index < -0.39 is 0 Å². The van der Waals surface area contributed by atoms with E-state index in [0.29, 0.717) is 12.8 Å². The molecule has 0 amide bonds. The van der Waals surface area contributed by atoms with Crippen LogP contribution in [0.3, 0.4) is 0 Å². The SMILES string of the molecule is CCCC(CC(CCCCC(C[C@H](C)C(C)=O)C(C)=O)C(C)=O)C(C)=O. The lowest BCUT2D eigenvalue weighted by atomic mass is 9.83. The molecule has 150 valence electrons. The molecule has 0 aromatic rings. The molecule has 3 unspecified atom stereocenters. The van der Waals surface area contributed by atoms with Crippen molar-refractivity contribution >= 4 is 23.1 Å². The lowest BCUT2D eigenvalue weighted by Gasteiger charge is -2.20. The molecule has 0 saturated heterocycles. The third-order valence-corrected chi connectivity index (χ3v) is 5.62. The first kappa shape index (κ1) is 24.7. The number of unbranched alkanes of at least 4 members (excludes halogenated alkanes) is 1. The van der Waals surface area contributed by atoms with Crippen molar-refractivity contribution in [1.29, 1.82) is 0 Å². The molecule has 0 bridgehead atoms. The molecule has 4 atom stereocenters. The van der Waals surface area contributed by atoms with Gasteiger partial charge in [-0.25, -0.2) is 0 Å². The molecule has 0 N–H and O–H groups in total. The number of hydrogen-bond acceptors (Lipinski definition) is 4. The van der Waals surface area contributed by atoms with Crippen molar-refractivity contribution < 1.29 is 19.2 Å². The average molecular weight is 367 g/mol. The van der Waals surface area contributed by atoms with Gasteiger partial charge in [0.2, 0.25) is 0 Å². The van der Waals surface area contributed by atoms with Gasteiger partial charge in [-0.3, -0.25) is 19.2 Å². The second-order valence-corrected chi connectivity index (χ2v) is 7.98. The van der Waals surface area contributed by atoms with Gasteiger partial charge in [0.05, 0.1) is 0 Å². The van der Waals surface area contributed by atoms with E-state index in [9.17, 15) is 19.2 Å². The average Bonchev–Trinajstić information content (AvgIpc) is 2.54. The quantitative estimate of drug-likeness (QED) is 0.384. The Morgan fingerprint density at radius 2 is 1.00 bits per heavy atom. The van der Waals surface area contributed by atoms with E-state index in [1.54, 1.807) is 27.7 Å². The van der Waals surface area contributed by atoms with Crippen LogP contribution in [0.15, 0.2) is 0 Å². The molecule has 0 aliphatic heterocycles. The van der Waals surface area contributed by atoms with Crippen LogP contribution in [0.2, 0.25) is 0 Å². The lowest BCUT2D eigenvalue weighted by molar-refractivity contribution is -0.125. The van der Waals surface area contributed by atoms with Crippen LogP contribution in [0.5, 0.6) is 0 Å². The number of Topliss-reactive ketones (excluding diaryl/α,β-unsaturated/α-hetero) is 4. The molecule has 0 rings (SSSR count). The minimum atomic E-state index is -0.0840. The number of hydrogen-bond donors (Lipinski definition) is 0. The highest BCUT2D eigenvalue weighted by Crippen LogP contribution is 2.26. The van der Waals surface area contributed by atoms with Crippen molar-refractivity contribution in [2.24, 2.45) is 23.7 Å². The first-order chi connectivity index (χ1) is 12.1. The molecular formula is C22H38O4. The van der Waals surface area contributed by atoms with Crippen molar-refractivity contribution in [1.82, 2.24) is 0 Å². The van der Waals surface area contributed by atoms with E-state index in [1.807, 2.05) is 6.92 Å². The predicted molar refractivity (Wildman–Crippen MR) is 105 cm³/mol. The molecule has 0 aromatic carbocycles. The fourth-order valence-corrected chi connectivity index (χ4v) is 3.53. The van der Waals surface area contributed by atoms with Crippen LogP contribution in [0.4, 0.5) is 0 Å². The van der Waals surface area contributed by atoms with E-state index in [4.69, 9.17) is 0 Å². The molecule has 0 radical (unpaired) electrons. The zero-order valence-corrected chi connectivity index (χ0v) is 17.6. The van der Waals surface area contributed by atoms with Gasteiger partial charge < -0.3 is 0 Å². The highest BCUT2D eigenvalue weighted by Gasteiger charge is 2.23. The largest absolute Gasteiger partial charge is 0.300 e. The third-order valence-electron chi connectivity index (χ3n) is 5.62. The number of ketones is 4. The third kappa shape index (κ3) is 9.98. The summed E-state index contributed by atoms with van der Waals surface area (Å²) in [5.41, 5.74) is 0. The molecule has 0 fully saturated rings. The van der Waals surface area contributed by atoms with Gasteiger partial charge in [0.15, 0.2) is 0 Å². The Kier molecular flexibility index (Phi) is 12.3. The first-order valence-corrected chi connectivity index (χ1v) is 10.1. The standard InChI is InChI=1S/C22H38O4/c1-7-10-20(17(4)24)14-22(19(6)26)12-9-8-11-21(18(5)25)13-15(2)16(3)23/h15,20-22H,7-14H2,1-6H3/t15-,20?,21?,22?/m0/s1. The second-order valence-electron chi connectivity index (χ2n) is 7.98. The maximum Gasteiger partial charge on any atom is 0.132 e. The van der Waals surface area contributed by atoms with Crippen LogP contribution >= 0.6 is 0 Å². The Morgan fingerprint density at radius 1 is 0.615 bits per heavy atom. The zero-order valence-electron chi connectivity index (χ0n) is 17.6. The van der Waals surface area contributed by atoms with Gasteiger partial charge in [-0.1, -0.05) is 33.1 Å². The van der Waals surface area contributed by atoms with Crippen molar-refractivity contribution in [2.75, 3.05) is 0 Å². The minimum Gasteiger partial charge on any atom is -0.300 e. The Balaban J connectivity index is 4.53. The molecule has 26 heavy (non-hydrogen) atoms. The summed E-state index contributed by atoms with van der Waals surface area (Å²) in [6.45, 7) is 10.3. The molecule has 4 heteroatoms. The van der Waals surface area contributed by atoms with Gasteiger partial charge in [0.1, 0.15) is 23.1 Å². The summed E-state index contributed by atoms with van der Waals surface area (Å²) in [6, 6.07) is 0. The molecule has 4 nitrogen and oxygen atoms in total. The maximum atomic E-state index is 12.0. The van der Waals surface area contributed by atoms with Gasteiger partial charge in [-0.05, 0) is 59.8 Å². The lowest BCUT2D eigenvalue weighted by Crippen LogP contribution is -2.21. The Hall–Kier alpha value is -1.32. The summed E-state index contributed by atoms with van der Waals surface area (Å²) in [7, 11) is 0. The Morgan fingerprint density at radius 3 is 1.35 bits per heavy atom. The molecule has 0 aliphatic rings. The van der Waals surface area contributed by atoms with E-state index in [2.05, 4.69) is 6.92 Å². The number of rotatable bonds is 15. The van der Waals surface area contributed by atoms with Gasteiger partial charge >= 0.3 is 0 Å². The molecular weight excluding hydrogens is 328 g/mol. The maximum absolute atomic E-state index is 12.0. The Labute approximate surface area is 159 Å². The summed E-state index contributed by atoms with van der Waals surface area (Å²) in [4.78, 5) is 47.0. The second kappa shape index (κ2) is 12.9. The van der Waals surface area contributed by atoms with Gasteiger partial charge in [0.25, 0.3) is 0 Å². The molecule has 0 spiro atoms. The molecule has 0 aromatic heterocycles. The molecule has 0 aliphatic carbocycles. The van der Waals surface area contributed by atoms with Gasteiger partial charge in [-0.2, -0.15) is 0 Å². The fourth-order valence-electron chi connectivity index (χ4n) is 3.53. The summed E-state index contributed by atoms with van der Waals surface area (Å²) < 4.78 is 0. The predicted octanol–water partition coefficient (Wildman–Crippen LogP) is 4.97. The van der Waals surface area contributed by atoms with E-state index >= 15 is 0 Å². The highest BCUT2D eigenvalue weighted by molar-refractivity contribution is 5.82. The topological polar surface area (TPSA) is 68.3 Å². The highest BCUT2D eigenvalue weighted by atomic mass is 16.1. The van der Waals surface area contributed by atoms with Crippen LogP contribution in [0.1, 0.15) is 92.9 Å². The first-order valence-electron chi connectivity index (χ1n) is 10.1. The summed E-state index contributed by atoms with van der Waals surface area (Å²) in [5, 5.41) is 0. The summed E-state index contributed by atoms with van der Waals surface area (Å²) in [6.07, 6.45) is 6.34. The summed E-state index contributed by atoms with van der Waals surface area (Å²) in [5.74, 6) is 0.347. The van der Waals surface area contributed by atoms with E-state index in [-0.39, 0.29) is 46.8 Å². The van der Waals surface area contributed by atoms with Crippen LogP contribution in [0, 0.1) is 23.7 Å². The van der Waals surface area contributed by atoms with Gasteiger partial charge in [0, 0.05) is 23.7 Å². The van der Waals surface area contributed by atoms with Crippen LogP contribution < -0.4 is 0 Å². The van der Waals surface area contributed by atoms with Crippen molar-refractivity contribution in [3.05, 3.63) is 0 Å². The number of carbonyl (C=O) groups excluding carboxylic acids is 4. The van der Waals surface area contributed by atoms with Crippen molar-refractivity contribution in [3.63, 3.8) is 0 Å². The summed E-state index contributed by atoms with van der Waals surface area (Å²) >= 11 is 0. The van der Waals surface area contributed by atoms with Crippen molar-refractivity contribution in [3.8, 4) is 0 Å². The zero-order chi connectivity index (χ0) is 20.3. The Bertz CT molecular complexity index is 481. The molecule has 0 heterocycles. The van der Waals surface area contributed by atoms with Crippen LogP contribution in [-0.2, 0) is 19.2 Å². The monoisotopic (exact) mass is 366 g/mol. The van der Waals surface area contributed by atoms with E-state index in [0.717, 1.165) is 38.5 Å². The normalized spacial score (nSPS) is 15.8. The van der Waals surface area contributed by atoms with E-state index in [1.165, 1.54) is 0 Å². The van der Waals surface area contributed by atoms with Crippen molar-refractivity contribution in [2.45, 2.75) is 92.9 Å². The smallest absolute Gasteiger partial charge is 0.132 e. The van der Waals surface area contributed by atoms with Crippen LogP contribution in [0.25, 0.3) is 0 Å². The molecule has 0 saturated carbocycles. The number of carbonyl (C=O) groups is 4.